The summed E-state index contributed by atoms with van der Waals surface area (Å²) < 4.78 is 13.0. The van der Waals surface area contributed by atoms with Gasteiger partial charge in [-0.05, 0) is 31.2 Å². The number of ether oxygens (including phenoxy) is 2. The number of hydrogen-bond donors (Lipinski definition) is 0. The Hall–Kier alpha value is -3.35. The predicted molar refractivity (Wildman–Crippen MR) is 105 cm³/mol. The number of carbonyl (C=O) groups is 1. The van der Waals surface area contributed by atoms with Crippen LogP contribution in [0.5, 0.6) is 11.5 Å². The molecule has 0 saturated carbocycles. The highest BCUT2D eigenvalue weighted by molar-refractivity contribution is 5.79. The van der Waals surface area contributed by atoms with Crippen molar-refractivity contribution in [2.75, 3.05) is 19.7 Å². The van der Waals surface area contributed by atoms with Gasteiger partial charge >= 0.3 is 0 Å². The summed E-state index contributed by atoms with van der Waals surface area (Å²) in [5.74, 6) is 1.23. The van der Waals surface area contributed by atoms with Gasteiger partial charge in [-0.15, -0.1) is 0 Å². The number of carbonyl (C=O) groups excluding carboxylic acids is 1. The van der Waals surface area contributed by atoms with E-state index in [-0.39, 0.29) is 24.1 Å². The van der Waals surface area contributed by atoms with Crippen molar-refractivity contribution >= 4 is 16.8 Å². The molecule has 7 nitrogen and oxygen atoms in total. The third kappa shape index (κ3) is 3.55. The lowest BCUT2D eigenvalue weighted by Crippen LogP contribution is -2.45. The zero-order valence-electron chi connectivity index (χ0n) is 15.6. The van der Waals surface area contributed by atoms with E-state index in [1.54, 1.807) is 23.1 Å². The minimum atomic E-state index is -0.259. The highest BCUT2D eigenvalue weighted by Crippen LogP contribution is 2.31. The predicted octanol–water partition coefficient (Wildman–Crippen LogP) is 2.08. The summed E-state index contributed by atoms with van der Waals surface area (Å²) in [5, 5.41) is 0.501. The summed E-state index contributed by atoms with van der Waals surface area (Å²) >= 11 is 0. The second-order valence-corrected chi connectivity index (χ2v) is 6.62. The van der Waals surface area contributed by atoms with E-state index >= 15 is 0 Å². The van der Waals surface area contributed by atoms with E-state index in [4.69, 9.17) is 9.47 Å². The molecule has 7 heteroatoms. The lowest BCUT2D eigenvalue weighted by Gasteiger charge is -2.31. The van der Waals surface area contributed by atoms with Crippen LogP contribution in [0, 0.1) is 0 Å². The van der Waals surface area contributed by atoms with Gasteiger partial charge in [0, 0.05) is 6.54 Å². The molecular weight excluding hydrogens is 358 g/mol. The molecule has 1 atom stereocenters. The first-order chi connectivity index (χ1) is 13.7. The maximum absolute atomic E-state index is 12.8. The second-order valence-electron chi connectivity index (χ2n) is 6.62. The van der Waals surface area contributed by atoms with Crippen molar-refractivity contribution in [3.05, 3.63) is 65.2 Å². The fraction of sp³-hybridized carbons (Fsp3) is 0.286. The summed E-state index contributed by atoms with van der Waals surface area (Å²) in [5.41, 5.74) is 0.399. The number of nitrogens with zero attached hydrogens (tertiary/aromatic N) is 3. The average Bonchev–Trinajstić information content (AvgIpc) is 2.74. The van der Waals surface area contributed by atoms with Crippen LogP contribution in [0.4, 0.5) is 0 Å². The number of likely N-dealkylation sites (N-methyl/N-ethyl adjacent to an activating group) is 1. The number of hydrogen-bond acceptors (Lipinski definition) is 5. The molecule has 2 heterocycles. The summed E-state index contributed by atoms with van der Waals surface area (Å²) in [6.07, 6.45) is 1.16. The minimum absolute atomic E-state index is 0.0608. The zero-order valence-corrected chi connectivity index (χ0v) is 15.6. The van der Waals surface area contributed by atoms with Crippen LogP contribution in [-0.2, 0) is 11.3 Å². The summed E-state index contributed by atoms with van der Waals surface area (Å²) in [4.78, 5) is 31.3. The Kier molecular flexibility index (Phi) is 4.97. The molecule has 144 valence electrons. The van der Waals surface area contributed by atoms with Crippen molar-refractivity contribution in [1.29, 1.82) is 0 Å². The number of rotatable bonds is 5. The first kappa shape index (κ1) is 18.0. The molecule has 0 bridgehead atoms. The van der Waals surface area contributed by atoms with E-state index in [0.717, 1.165) is 0 Å². The van der Waals surface area contributed by atoms with Gasteiger partial charge in [-0.1, -0.05) is 24.3 Å². The molecule has 1 aromatic heterocycles. The molecule has 4 rings (SSSR count). The van der Waals surface area contributed by atoms with E-state index in [1.165, 1.54) is 10.9 Å². The smallest absolute Gasteiger partial charge is 0.261 e. The van der Waals surface area contributed by atoms with Gasteiger partial charge < -0.3 is 14.4 Å². The van der Waals surface area contributed by atoms with Gasteiger partial charge in [0.15, 0.2) is 17.6 Å². The average molecular weight is 379 g/mol. The van der Waals surface area contributed by atoms with Crippen LogP contribution >= 0.6 is 0 Å². The van der Waals surface area contributed by atoms with E-state index < -0.39 is 0 Å². The number of benzene rings is 2. The lowest BCUT2D eigenvalue weighted by molar-refractivity contribution is -0.133. The van der Waals surface area contributed by atoms with Crippen LogP contribution in [0.1, 0.15) is 6.92 Å². The fourth-order valence-electron chi connectivity index (χ4n) is 3.27. The minimum Gasteiger partial charge on any atom is -0.486 e. The Morgan fingerprint density at radius 1 is 1.18 bits per heavy atom. The van der Waals surface area contributed by atoms with Crippen molar-refractivity contribution in [1.82, 2.24) is 14.5 Å². The molecule has 1 amide bonds. The third-order valence-corrected chi connectivity index (χ3v) is 4.76. The molecule has 2 aromatic carbocycles. The molecule has 28 heavy (non-hydrogen) atoms. The first-order valence-corrected chi connectivity index (χ1v) is 9.26. The Labute approximate surface area is 162 Å². The van der Waals surface area contributed by atoms with Crippen LogP contribution in [0.15, 0.2) is 59.7 Å². The molecule has 0 saturated heterocycles. The van der Waals surface area contributed by atoms with Crippen molar-refractivity contribution < 1.29 is 14.3 Å². The SMILES string of the molecule is CCN(C[C@H]1COc2ccccc2O1)C(=O)Cn1cnc2ccccc2c1=O. The Morgan fingerprint density at radius 2 is 1.93 bits per heavy atom. The summed E-state index contributed by atoms with van der Waals surface area (Å²) in [6, 6.07) is 14.6. The molecule has 0 N–H and O–H groups in total. The van der Waals surface area contributed by atoms with Crippen molar-refractivity contribution in [3.8, 4) is 11.5 Å². The van der Waals surface area contributed by atoms with E-state index in [1.807, 2.05) is 37.3 Å². The standard InChI is InChI=1S/C21H21N3O4/c1-2-23(11-15-13-27-18-9-5-6-10-19(18)28-15)20(25)12-24-14-22-17-8-4-3-7-16(17)21(24)26/h3-10,14-15H,2,11-13H2,1H3/t15-/m0/s1. The summed E-state index contributed by atoms with van der Waals surface area (Å²) in [7, 11) is 0. The van der Waals surface area contributed by atoms with Crippen LogP contribution in [0.25, 0.3) is 10.9 Å². The molecule has 0 fully saturated rings. The van der Waals surface area contributed by atoms with Crippen molar-refractivity contribution in [2.24, 2.45) is 0 Å². The lowest BCUT2D eigenvalue weighted by atomic mass is 10.2. The number of amides is 1. The molecule has 0 unspecified atom stereocenters. The van der Waals surface area contributed by atoms with Crippen molar-refractivity contribution in [3.63, 3.8) is 0 Å². The van der Waals surface area contributed by atoms with Gasteiger partial charge in [-0.25, -0.2) is 4.98 Å². The maximum atomic E-state index is 12.8. The highest BCUT2D eigenvalue weighted by Gasteiger charge is 2.25. The Balaban J connectivity index is 1.46. The molecule has 1 aliphatic heterocycles. The second kappa shape index (κ2) is 7.72. The molecule has 3 aromatic rings. The van der Waals surface area contributed by atoms with Crippen LogP contribution in [0.2, 0.25) is 0 Å². The van der Waals surface area contributed by atoms with Gasteiger partial charge in [0.25, 0.3) is 5.56 Å². The normalized spacial score (nSPS) is 15.4. The van der Waals surface area contributed by atoms with Crippen molar-refractivity contribution in [2.45, 2.75) is 19.6 Å². The van der Waals surface area contributed by atoms with Crippen LogP contribution in [0.3, 0.4) is 0 Å². The third-order valence-electron chi connectivity index (χ3n) is 4.76. The highest BCUT2D eigenvalue weighted by atomic mass is 16.6. The van der Waals surface area contributed by atoms with Gasteiger partial charge in [0.05, 0.1) is 23.8 Å². The molecule has 1 aliphatic rings. The molecule has 0 radical (unpaired) electrons. The van der Waals surface area contributed by atoms with Gasteiger partial charge in [-0.2, -0.15) is 0 Å². The number of para-hydroxylation sites is 3. The topological polar surface area (TPSA) is 73.7 Å². The monoisotopic (exact) mass is 379 g/mol. The van der Waals surface area contributed by atoms with Crippen LogP contribution in [-0.4, -0.2) is 46.2 Å². The quantitative estimate of drug-likeness (QED) is 0.679. The largest absolute Gasteiger partial charge is 0.486 e. The van der Waals surface area contributed by atoms with E-state index in [0.29, 0.717) is 42.1 Å². The fourth-order valence-corrected chi connectivity index (χ4v) is 3.27. The molecule has 0 aliphatic carbocycles. The summed E-state index contributed by atoms with van der Waals surface area (Å²) in [6.45, 7) is 3.11. The zero-order chi connectivity index (χ0) is 19.5. The maximum Gasteiger partial charge on any atom is 0.261 e. The first-order valence-electron chi connectivity index (χ1n) is 9.26. The molecule has 0 spiro atoms. The number of fused-ring (bicyclic) bond motifs is 2. The van der Waals surface area contributed by atoms with Gasteiger partial charge in [0.1, 0.15) is 13.2 Å². The van der Waals surface area contributed by atoms with E-state index in [2.05, 4.69) is 4.98 Å². The van der Waals surface area contributed by atoms with Crippen LogP contribution < -0.4 is 15.0 Å². The molecular formula is C21H21N3O4. The van der Waals surface area contributed by atoms with E-state index in [9.17, 15) is 9.59 Å². The van der Waals surface area contributed by atoms with Gasteiger partial charge in [0.2, 0.25) is 5.91 Å². The number of aromatic nitrogens is 2. The Morgan fingerprint density at radius 3 is 2.75 bits per heavy atom. The van der Waals surface area contributed by atoms with Gasteiger partial charge in [-0.3, -0.25) is 14.2 Å². The Bertz CT molecular complexity index is 1060.